The SMILES string of the molecule is C(=C\C([Se]c1ccccc1)[Se]c1ccccc1)/c1ccccc1. The summed E-state index contributed by atoms with van der Waals surface area (Å²) in [6.45, 7) is 0. The van der Waals surface area contributed by atoms with Crippen LogP contribution in [0.5, 0.6) is 0 Å². The Bertz CT molecular complexity index is 680. The molecule has 0 radical (unpaired) electrons. The molecule has 0 atom stereocenters. The van der Waals surface area contributed by atoms with E-state index >= 15 is 0 Å². The van der Waals surface area contributed by atoms with E-state index in [-0.39, 0.29) is 0 Å². The number of allylic oxidation sites excluding steroid dienone is 1. The minimum absolute atomic E-state index is 0.461. The van der Waals surface area contributed by atoms with Crippen LogP contribution in [0, 0.1) is 0 Å². The van der Waals surface area contributed by atoms with Crippen LogP contribution in [0.3, 0.4) is 0 Å². The van der Waals surface area contributed by atoms with Gasteiger partial charge in [-0.3, -0.25) is 0 Å². The summed E-state index contributed by atoms with van der Waals surface area (Å²) < 4.78 is 3.57. The molecule has 0 saturated carbocycles. The van der Waals surface area contributed by atoms with Crippen LogP contribution in [0.4, 0.5) is 0 Å². The van der Waals surface area contributed by atoms with Gasteiger partial charge in [-0.1, -0.05) is 0 Å². The topological polar surface area (TPSA) is 0 Å². The Morgan fingerprint density at radius 3 is 1.48 bits per heavy atom. The van der Waals surface area contributed by atoms with Crippen molar-refractivity contribution in [3.8, 4) is 0 Å². The normalized spacial score (nSPS) is 11.2. The van der Waals surface area contributed by atoms with E-state index in [1.807, 2.05) is 0 Å². The van der Waals surface area contributed by atoms with Crippen LogP contribution in [0.15, 0.2) is 97.1 Å². The van der Waals surface area contributed by atoms with Gasteiger partial charge >= 0.3 is 151 Å². The van der Waals surface area contributed by atoms with Crippen LogP contribution in [-0.2, 0) is 0 Å². The Kier molecular flexibility index (Phi) is 6.32. The van der Waals surface area contributed by atoms with Gasteiger partial charge in [-0.05, 0) is 0 Å². The van der Waals surface area contributed by atoms with E-state index in [9.17, 15) is 0 Å². The zero-order chi connectivity index (χ0) is 15.7. The molecule has 23 heavy (non-hydrogen) atoms. The summed E-state index contributed by atoms with van der Waals surface area (Å²) in [4.78, 5) is 0. The molecule has 0 heterocycles. The maximum absolute atomic E-state index is 2.41. The molecule has 0 nitrogen and oxygen atoms in total. The zero-order valence-electron chi connectivity index (χ0n) is 12.7. The Morgan fingerprint density at radius 1 is 0.565 bits per heavy atom. The van der Waals surface area contributed by atoms with Crippen molar-refractivity contribution in [2.45, 2.75) is 3.71 Å². The molecule has 0 aliphatic carbocycles. The van der Waals surface area contributed by atoms with Gasteiger partial charge in [0.05, 0.1) is 0 Å². The number of rotatable bonds is 6. The summed E-state index contributed by atoms with van der Waals surface area (Å²) >= 11 is 0.921. The monoisotopic (exact) mass is 430 g/mol. The van der Waals surface area contributed by atoms with Gasteiger partial charge in [0.15, 0.2) is 0 Å². The molecule has 0 saturated heterocycles. The van der Waals surface area contributed by atoms with Gasteiger partial charge in [0.2, 0.25) is 0 Å². The van der Waals surface area contributed by atoms with Crippen LogP contribution in [0.1, 0.15) is 5.56 Å². The first-order chi connectivity index (χ1) is 11.4. The van der Waals surface area contributed by atoms with Crippen molar-refractivity contribution in [3.05, 3.63) is 103 Å². The molecule has 0 unspecified atom stereocenters. The summed E-state index contributed by atoms with van der Waals surface area (Å²) in [5.74, 6) is 0. The zero-order valence-corrected chi connectivity index (χ0v) is 16.1. The number of benzene rings is 3. The van der Waals surface area contributed by atoms with Crippen LogP contribution in [-0.4, -0.2) is 29.9 Å². The molecule has 0 aliphatic rings. The third-order valence-corrected chi connectivity index (χ3v) is 9.25. The van der Waals surface area contributed by atoms with Crippen LogP contribution < -0.4 is 8.92 Å². The molecule has 0 amide bonds. The quantitative estimate of drug-likeness (QED) is 0.528. The molecule has 0 bridgehead atoms. The Hall–Kier alpha value is -1.56. The molecule has 3 rings (SSSR count). The fourth-order valence-electron chi connectivity index (χ4n) is 2.12. The van der Waals surface area contributed by atoms with E-state index < -0.39 is 0 Å². The second-order valence-electron chi connectivity index (χ2n) is 5.00. The van der Waals surface area contributed by atoms with E-state index in [1.165, 1.54) is 14.5 Å². The molecule has 3 aromatic rings. The first kappa shape index (κ1) is 16.3. The van der Waals surface area contributed by atoms with E-state index in [0.29, 0.717) is 33.6 Å². The fourth-order valence-corrected chi connectivity index (χ4v) is 8.27. The van der Waals surface area contributed by atoms with Crippen molar-refractivity contribution in [2.75, 3.05) is 0 Å². The molecule has 0 N–H and O–H groups in total. The van der Waals surface area contributed by atoms with Crippen molar-refractivity contribution < 1.29 is 0 Å². The molecule has 114 valence electrons. The molecule has 2 heteroatoms. The van der Waals surface area contributed by atoms with Gasteiger partial charge in [0, 0.05) is 0 Å². The van der Waals surface area contributed by atoms with Crippen molar-refractivity contribution in [2.24, 2.45) is 0 Å². The van der Waals surface area contributed by atoms with Gasteiger partial charge in [-0.15, -0.1) is 0 Å². The van der Waals surface area contributed by atoms with Crippen molar-refractivity contribution >= 4 is 44.9 Å². The van der Waals surface area contributed by atoms with Crippen molar-refractivity contribution in [1.29, 1.82) is 0 Å². The molecule has 0 aromatic heterocycles. The molecule has 3 aromatic carbocycles. The van der Waals surface area contributed by atoms with Crippen LogP contribution >= 0.6 is 0 Å². The Balaban J connectivity index is 1.76. The van der Waals surface area contributed by atoms with E-state index in [2.05, 4.69) is 103 Å². The van der Waals surface area contributed by atoms with Gasteiger partial charge in [-0.2, -0.15) is 0 Å². The molecule has 0 fully saturated rings. The van der Waals surface area contributed by atoms with Gasteiger partial charge in [0.1, 0.15) is 0 Å². The first-order valence-corrected chi connectivity index (χ1v) is 11.3. The standard InChI is InChI=1S/C21H18Se2/c1-4-10-18(11-5-1)16-17-21(22-19-12-6-2-7-13-19)23-20-14-8-3-9-15-20/h1-17,21H/b17-16+. The Labute approximate surface area is 151 Å². The van der Waals surface area contributed by atoms with E-state index in [1.54, 1.807) is 0 Å². The third-order valence-electron chi connectivity index (χ3n) is 3.24. The number of hydrogen-bond acceptors (Lipinski definition) is 0. The number of hydrogen-bond donors (Lipinski definition) is 0. The van der Waals surface area contributed by atoms with Crippen LogP contribution in [0.2, 0.25) is 3.71 Å². The second-order valence-corrected chi connectivity index (χ2v) is 11.6. The third kappa shape index (κ3) is 5.53. The molecular weight excluding hydrogens is 410 g/mol. The first-order valence-electron chi connectivity index (χ1n) is 7.57. The minimum atomic E-state index is 0.461. The predicted octanol–water partition coefficient (Wildman–Crippen LogP) is 3.51. The Morgan fingerprint density at radius 2 is 1.00 bits per heavy atom. The summed E-state index contributed by atoms with van der Waals surface area (Å²) in [6.07, 6.45) is 4.69. The second kappa shape index (κ2) is 8.91. The van der Waals surface area contributed by atoms with Crippen LogP contribution in [0.25, 0.3) is 6.08 Å². The van der Waals surface area contributed by atoms with Gasteiger partial charge in [0.25, 0.3) is 0 Å². The summed E-state index contributed by atoms with van der Waals surface area (Å²) in [7, 11) is 0. The van der Waals surface area contributed by atoms with Gasteiger partial charge in [-0.25, -0.2) is 0 Å². The van der Waals surface area contributed by atoms with E-state index in [4.69, 9.17) is 0 Å². The maximum atomic E-state index is 2.41. The van der Waals surface area contributed by atoms with Crippen molar-refractivity contribution in [3.63, 3.8) is 0 Å². The molecule has 0 spiro atoms. The average molecular weight is 428 g/mol. The fraction of sp³-hybridized carbons (Fsp3) is 0.0476. The molecular formula is C21H18Se2. The van der Waals surface area contributed by atoms with E-state index in [0.717, 1.165) is 0 Å². The summed E-state index contributed by atoms with van der Waals surface area (Å²) in [5, 5.41) is 0. The average Bonchev–Trinajstić information content (AvgIpc) is 2.62. The van der Waals surface area contributed by atoms with Gasteiger partial charge < -0.3 is 0 Å². The van der Waals surface area contributed by atoms with Crippen molar-refractivity contribution in [1.82, 2.24) is 0 Å². The predicted molar refractivity (Wildman–Crippen MR) is 103 cm³/mol. The molecule has 0 aliphatic heterocycles. The summed E-state index contributed by atoms with van der Waals surface area (Å²) in [6, 6.07) is 32.4. The summed E-state index contributed by atoms with van der Waals surface area (Å²) in [5.41, 5.74) is 1.28.